The van der Waals surface area contributed by atoms with Crippen molar-refractivity contribution in [2.24, 2.45) is 0 Å². The lowest BCUT2D eigenvalue weighted by molar-refractivity contribution is 0.312. The first-order valence-corrected chi connectivity index (χ1v) is 9.03. The highest BCUT2D eigenvalue weighted by Gasteiger charge is 2.15. The Morgan fingerprint density at radius 3 is 2.62 bits per heavy atom. The van der Waals surface area contributed by atoms with E-state index in [-0.39, 0.29) is 0 Å². The number of anilines is 2. The number of rotatable bonds is 3. The second kappa shape index (κ2) is 6.37. The summed E-state index contributed by atoms with van der Waals surface area (Å²) in [5.74, 6) is 1.06. The minimum atomic E-state index is 1.02. The van der Waals surface area contributed by atoms with Crippen LogP contribution in [0.15, 0.2) is 36.5 Å². The highest BCUT2D eigenvalue weighted by Crippen LogP contribution is 2.32. The first-order chi connectivity index (χ1) is 11.7. The summed E-state index contributed by atoms with van der Waals surface area (Å²) in [7, 11) is 4.10. The van der Waals surface area contributed by atoms with Crippen LogP contribution in [0.4, 0.5) is 11.5 Å². The second-order valence-corrected chi connectivity index (χ2v) is 7.18. The Balaban J connectivity index is 1.58. The number of thiazole rings is 1. The second-order valence-electron chi connectivity index (χ2n) is 6.15. The number of piperazine rings is 1. The zero-order chi connectivity index (χ0) is 16.5. The molecule has 3 aromatic rings. The van der Waals surface area contributed by atoms with Crippen LogP contribution < -0.4 is 10.2 Å². The number of hydrogen-bond donors (Lipinski definition) is 1. The van der Waals surface area contributed by atoms with Crippen molar-refractivity contribution in [1.29, 1.82) is 0 Å². The van der Waals surface area contributed by atoms with E-state index in [1.165, 1.54) is 4.70 Å². The van der Waals surface area contributed by atoms with Crippen LogP contribution >= 0.6 is 11.3 Å². The standard InChI is InChI=1S/C18H21N5S/c1-19-14-4-5-15-16(11-14)24-18(21-15)13-3-6-17(20-12-13)23-9-7-22(2)8-10-23/h3-6,11-12,19H,7-10H2,1-2H3. The van der Waals surface area contributed by atoms with Crippen LogP contribution in [0.1, 0.15) is 0 Å². The van der Waals surface area contributed by atoms with Crippen LogP contribution in [0.2, 0.25) is 0 Å². The molecule has 6 heteroatoms. The highest BCUT2D eigenvalue weighted by atomic mass is 32.1. The number of likely N-dealkylation sites (N-methyl/N-ethyl adjacent to an activating group) is 1. The lowest BCUT2D eigenvalue weighted by atomic mass is 10.2. The quantitative estimate of drug-likeness (QED) is 0.794. The van der Waals surface area contributed by atoms with Crippen molar-refractivity contribution in [2.75, 3.05) is 50.5 Å². The number of hydrogen-bond acceptors (Lipinski definition) is 6. The van der Waals surface area contributed by atoms with Crippen LogP contribution in [-0.2, 0) is 0 Å². The summed E-state index contributed by atoms with van der Waals surface area (Å²) in [5.41, 5.74) is 3.23. The van der Waals surface area contributed by atoms with Gasteiger partial charge in [0.25, 0.3) is 0 Å². The Bertz CT molecular complexity index is 834. The maximum absolute atomic E-state index is 4.74. The SMILES string of the molecule is CNc1ccc2nc(-c3ccc(N4CCN(C)CC4)nc3)sc2c1. The Hall–Kier alpha value is -2.18. The summed E-state index contributed by atoms with van der Waals surface area (Å²) in [5, 5.41) is 4.20. The van der Waals surface area contributed by atoms with Gasteiger partial charge < -0.3 is 15.1 Å². The van der Waals surface area contributed by atoms with Gasteiger partial charge >= 0.3 is 0 Å². The van der Waals surface area contributed by atoms with Crippen LogP contribution in [0.25, 0.3) is 20.8 Å². The van der Waals surface area contributed by atoms with Gasteiger partial charge in [-0.2, -0.15) is 0 Å². The van der Waals surface area contributed by atoms with E-state index in [9.17, 15) is 0 Å². The summed E-state index contributed by atoms with van der Waals surface area (Å²) in [6, 6.07) is 10.5. The molecule has 0 bridgehead atoms. The molecule has 0 radical (unpaired) electrons. The van der Waals surface area contributed by atoms with E-state index in [1.54, 1.807) is 11.3 Å². The number of benzene rings is 1. The van der Waals surface area contributed by atoms with Gasteiger partial charge in [-0.05, 0) is 37.4 Å². The fraction of sp³-hybridized carbons (Fsp3) is 0.333. The van der Waals surface area contributed by atoms with Gasteiger partial charge in [-0.15, -0.1) is 11.3 Å². The average Bonchev–Trinajstić information content (AvgIpc) is 3.05. The average molecular weight is 339 g/mol. The maximum atomic E-state index is 4.74. The lowest BCUT2D eigenvalue weighted by Gasteiger charge is -2.33. The molecule has 0 unspecified atom stereocenters. The number of nitrogens with zero attached hydrogens (tertiary/aromatic N) is 4. The lowest BCUT2D eigenvalue weighted by Crippen LogP contribution is -2.44. The van der Waals surface area contributed by atoms with E-state index in [2.05, 4.69) is 57.5 Å². The van der Waals surface area contributed by atoms with Crippen LogP contribution in [-0.4, -0.2) is 55.1 Å². The third-order valence-corrected chi connectivity index (χ3v) is 5.57. The first kappa shape index (κ1) is 15.4. The predicted octanol–water partition coefficient (Wildman–Crippen LogP) is 3.15. The fourth-order valence-corrected chi connectivity index (χ4v) is 3.93. The molecule has 2 aromatic heterocycles. The van der Waals surface area contributed by atoms with Gasteiger partial charge in [0.1, 0.15) is 10.8 Å². The summed E-state index contributed by atoms with van der Waals surface area (Å²) in [4.78, 5) is 14.1. The molecule has 1 N–H and O–H groups in total. The molecular weight excluding hydrogens is 318 g/mol. The molecule has 3 heterocycles. The molecule has 0 atom stereocenters. The van der Waals surface area contributed by atoms with Crippen LogP contribution in [0.5, 0.6) is 0 Å². The van der Waals surface area contributed by atoms with Gasteiger partial charge in [0.15, 0.2) is 0 Å². The molecular formula is C18H21N5S. The van der Waals surface area contributed by atoms with E-state index in [0.717, 1.165) is 53.8 Å². The monoisotopic (exact) mass is 339 g/mol. The molecule has 0 amide bonds. The van der Waals surface area contributed by atoms with Crippen molar-refractivity contribution in [3.05, 3.63) is 36.5 Å². The van der Waals surface area contributed by atoms with Gasteiger partial charge in [0.2, 0.25) is 0 Å². The molecule has 1 saturated heterocycles. The van der Waals surface area contributed by atoms with Crippen molar-refractivity contribution in [3.63, 3.8) is 0 Å². The summed E-state index contributed by atoms with van der Waals surface area (Å²) >= 11 is 1.71. The third kappa shape index (κ3) is 2.95. The maximum Gasteiger partial charge on any atom is 0.128 e. The van der Waals surface area contributed by atoms with Crippen LogP contribution in [0.3, 0.4) is 0 Å². The van der Waals surface area contributed by atoms with E-state index < -0.39 is 0 Å². The van der Waals surface area contributed by atoms with E-state index >= 15 is 0 Å². The van der Waals surface area contributed by atoms with Crippen LogP contribution in [0, 0.1) is 0 Å². The number of pyridine rings is 1. The van der Waals surface area contributed by atoms with E-state index in [0.29, 0.717) is 0 Å². The molecule has 1 fully saturated rings. The fourth-order valence-electron chi connectivity index (χ4n) is 2.94. The number of aromatic nitrogens is 2. The van der Waals surface area contributed by atoms with E-state index in [4.69, 9.17) is 4.98 Å². The minimum absolute atomic E-state index is 1.02. The Kier molecular flexibility index (Phi) is 4.08. The molecule has 4 rings (SSSR count). The zero-order valence-electron chi connectivity index (χ0n) is 14.0. The molecule has 124 valence electrons. The third-order valence-electron chi connectivity index (χ3n) is 4.50. The molecule has 1 aliphatic rings. The van der Waals surface area contributed by atoms with Gasteiger partial charge in [0.05, 0.1) is 10.2 Å². The zero-order valence-corrected chi connectivity index (χ0v) is 14.8. The van der Waals surface area contributed by atoms with Crippen molar-refractivity contribution < 1.29 is 0 Å². The first-order valence-electron chi connectivity index (χ1n) is 8.21. The predicted molar refractivity (Wildman–Crippen MR) is 102 cm³/mol. The van der Waals surface area contributed by atoms with Gasteiger partial charge in [0, 0.05) is 50.7 Å². The number of fused-ring (bicyclic) bond motifs is 1. The largest absolute Gasteiger partial charge is 0.388 e. The molecule has 0 spiro atoms. The smallest absolute Gasteiger partial charge is 0.128 e. The van der Waals surface area contributed by atoms with Gasteiger partial charge in [-0.1, -0.05) is 0 Å². The normalized spacial score (nSPS) is 15.8. The van der Waals surface area contributed by atoms with Crippen molar-refractivity contribution in [3.8, 4) is 10.6 Å². The molecule has 24 heavy (non-hydrogen) atoms. The topological polar surface area (TPSA) is 44.3 Å². The molecule has 5 nitrogen and oxygen atoms in total. The molecule has 0 aliphatic carbocycles. The summed E-state index contributed by atoms with van der Waals surface area (Å²) in [6.45, 7) is 4.26. The van der Waals surface area contributed by atoms with Gasteiger partial charge in [-0.3, -0.25) is 0 Å². The van der Waals surface area contributed by atoms with Crippen molar-refractivity contribution in [2.45, 2.75) is 0 Å². The molecule has 1 aliphatic heterocycles. The minimum Gasteiger partial charge on any atom is -0.388 e. The van der Waals surface area contributed by atoms with Crippen molar-refractivity contribution in [1.82, 2.24) is 14.9 Å². The number of nitrogens with one attached hydrogen (secondary N) is 1. The van der Waals surface area contributed by atoms with Gasteiger partial charge in [-0.25, -0.2) is 9.97 Å². The Morgan fingerprint density at radius 2 is 1.92 bits per heavy atom. The molecule has 1 aromatic carbocycles. The highest BCUT2D eigenvalue weighted by molar-refractivity contribution is 7.21. The molecule has 0 saturated carbocycles. The van der Waals surface area contributed by atoms with Crippen molar-refractivity contribution >= 4 is 33.1 Å². The summed E-state index contributed by atoms with van der Waals surface area (Å²) in [6.07, 6.45) is 1.95. The Labute approximate surface area is 146 Å². The van der Waals surface area contributed by atoms with E-state index in [1.807, 2.05) is 13.2 Å². The summed E-state index contributed by atoms with van der Waals surface area (Å²) < 4.78 is 1.19. The Morgan fingerprint density at radius 1 is 1.08 bits per heavy atom.